The number of pyridine rings is 1. The monoisotopic (exact) mass is 328 g/mol. The molecule has 0 spiro atoms. The number of ether oxygens (including phenoxy) is 1. The standard InChI is InChI=1S/C17H20N4O3/c1-18-16(22)14-6-3-12(4-7-14)9-20-17(23)21-11-13-5-8-15(24-2)19-10-13/h3-8,10H,9,11H2,1-2H3,(H,18,22)(H2,20,21,23). The van der Waals surface area contributed by atoms with Crippen molar-refractivity contribution in [1.82, 2.24) is 20.9 Å². The lowest BCUT2D eigenvalue weighted by Gasteiger charge is -2.08. The zero-order valence-electron chi connectivity index (χ0n) is 13.6. The molecule has 3 amide bonds. The van der Waals surface area contributed by atoms with Gasteiger partial charge < -0.3 is 20.7 Å². The molecule has 1 aromatic heterocycles. The molecule has 7 nitrogen and oxygen atoms in total. The highest BCUT2D eigenvalue weighted by Crippen LogP contribution is 2.06. The Morgan fingerprint density at radius 2 is 1.62 bits per heavy atom. The van der Waals surface area contributed by atoms with Gasteiger partial charge in [-0.1, -0.05) is 18.2 Å². The molecule has 0 fully saturated rings. The quantitative estimate of drug-likeness (QED) is 0.748. The number of hydrogen-bond donors (Lipinski definition) is 3. The lowest BCUT2D eigenvalue weighted by molar-refractivity contribution is 0.0963. The molecule has 7 heteroatoms. The van der Waals surface area contributed by atoms with Gasteiger partial charge in [-0.3, -0.25) is 4.79 Å². The highest BCUT2D eigenvalue weighted by Gasteiger charge is 2.04. The van der Waals surface area contributed by atoms with E-state index in [0.717, 1.165) is 11.1 Å². The van der Waals surface area contributed by atoms with Crippen LogP contribution in [0.3, 0.4) is 0 Å². The van der Waals surface area contributed by atoms with Crippen LogP contribution in [0, 0.1) is 0 Å². The Morgan fingerprint density at radius 1 is 1.00 bits per heavy atom. The topological polar surface area (TPSA) is 92.4 Å². The molecule has 0 bridgehead atoms. The number of carbonyl (C=O) groups excluding carboxylic acids is 2. The van der Waals surface area contributed by atoms with Crippen molar-refractivity contribution in [2.75, 3.05) is 14.2 Å². The molecule has 126 valence electrons. The summed E-state index contributed by atoms with van der Waals surface area (Å²) in [5, 5.41) is 8.07. The van der Waals surface area contributed by atoms with E-state index < -0.39 is 0 Å². The lowest BCUT2D eigenvalue weighted by Crippen LogP contribution is -2.34. The van der Waals surface area contributed by atoms with E-state index in [4.69, 9.17) is 4.74 Å². The van der Waals surface area contributed by atoms with Crippen molar-refractivity contribution >= 4 is 11.9 Å². The molecule has 2 aromatic rings. The van der Waals surface area contributed by atoms with Crippen molar-refractivity contribution in [3.05, 3.63) is 59.3 Å². The third kappa shape index (κ3) is 4.98. The molecule has 1 aromatic carbocycles. The van der Waals surface area contributed by atoms with Crippen LogP contribution in [0.1, 0.15) is 21.5 Å². The molecule has 0 saturated carbocycles. The second kappa shape index (κ2) is 8.52. The highest BCUT2D eigenvalue weighted by atomic mass is 16.5. The smallest absolute Gasteiger partial charge is 0.315 e. The molecule has 0 saturated heterocycles. The van der Waals surface area contributed by atoms with Crippen LogP contribution in [0.15, 0.2) is 42.6 Å². The van der Waals surface area contributed by atoms with E-state index >= 15 is 0 Å². The van der Waals surface area contributed by atoms with Crippen molar-refractivity contribution in [2.45, 2.75) is 13.1 Å². The number of benzene rings is 1. The minimum absolute atomic E-state index is 0.139. The van der Waals surface area contributed by atoms with E-state index in [-0.39, 0.29) is 11.9 Å². The minimum atomic E-state index is -0.277. The number of rotatable bonds is 6. The average Bonchev–Trinajstić information content (AvgIpc) is 2.64. The second-order valence-electron chi connectivity index (χ2n) is 5.02. The molecular formula is C17H20N4O3. The number of methoxy groups -OCH3 is 1. The second-order valence-corrected chi connectivity index (χ2v) is 5.02. The van der Waals surface area contributed by atoms with Gasteiger partial charge in [0.15, 0.2) is 0 Å². The largest absolute Gasteiger partial charge is 0.481 e. The van der Waals surface area contributed by atoms with Crippen LogP contribution < -0.4 is 20.7 Å². The summed E-state index contributed by atoms with van der Waals surface area (Å²) in [5.41, 5.74) is 2.36. The molecule has 1 heterocycles. The molecule has 0 unspecified atom stereocenters. The first kappa shape index (κ1) is 17.3. The molecule has 0 aliphatic heterocycles. The maximum atomic E-state index is 11.8. The number of aromatic nitrogens is 1. The van der Waals surface area contributed by atoms with Crippen LogP contribution in [-0.2, 0) is 13.1 Å². The number of amides is 3. The SMILES string of the molecule is CNC(=O)c1ccc(CNC(=O)NCc2ccc(OC)nc2)cc1. The first-order valence-corrected chi connectivity index (χ1v) is 7.44. The van der Waals surface area contributed by atoms with Crippen LogP contribution in [0.4, 0.5) is 4.79 Å². The minimum Gasteiger partial charge on any atom is -0.481 e. The fourth-order valence-corrected chi connectivity index (χ4v) is 1.98. The number of urea groups is 1. The Kier molecular flexibility index (Phi) is 6.13. The van der Waals surface area contributed by atoms with Crippen LogP contribution >= 0.6 is 0 Å². The van der Waals surface area contributed by atoms with Crippen LogP contribution in [0.2, 0.25) is 0 Å². The van der Waals surface area contributed by atoms with E-state index in [1.807, 2.05) is 6.07 Å². The van der Waals surface area contributed by atoms with Gasteiger partial charge in [-0.2, -0.15) is 0 Å². The third-order valence-electron chi connectivity index (χ3n) is 3.36. The van der Waals surface area contributed by atoms with Gasteiger partial charge in [-0.05, 0) is 23.3 Å². The average molecular weight is 328 g/mol. The summed E-state index contributed by atoms with van der Waals surface area (Å²) in [5.74, 6) is 0.392. The normalized spacial score (nSPS) is 9.92. The fraction of sp³-hybridized carbons (Fsp3) is 0.235. The molecule has 0 radical (unpaired) electrons. The zero-order valence-corrected chi connectivity index (χ0v) is 13.6. The van der Waals surface area contributed by atoms with Crippen LogP contribution in [-0.4, -0.2) is 31.1 Å². The molecule has 0 aliphatic rings. The van der Waals surface area contributed by atoms with E-state index in [0.29, 0.717) is 24.5 Å². The van der Waals surface area contributed by atoms with Crippen LogP contribution in [0.25, 0.3) is 0 Å². The summed E-state index contributed by atoms with van der Waals surface area (Å²) in [7, 11) is 3.13. The molecular weight excluding hydrogens is 308 g/mol. The van der Waals surface area contributed by atoms with Crippen molar-refractivity contribution in [3.63, 3.8) is 0 Å². The maximum Gasteiger partial charge on any atom is 0.315 e. The number of nitrogens with zero attached hydrogens (tertiary/aromatic N) is 1. The number of hydrogen-bond acceptors (Lipinski definition) is 4. The Labute approximate surface area is 140 Å². The first-order valence-electron chi connectivity index (χ1n) is 7.44. The van der Waals surface area contributed by atoms with Crippen LogP contribution in [0.5, 0.6) is 5.88 Å². The van der Waals surface area contributed by atoms with Gasteiger partial charge in [0, 0.05) is 38.0 Å². The van der Waals surface area contributed by atoms with Gasteiger partial charge in [-0.25, -0.2) is 9.78 Å². The maximum absolute atomic E-state index is 11.8. The predicted octanol–water partition coefficient (Wildman–Crippen LogP) is 1.45. The lowest BCUT2D eigenvalue weighted by atomic mass is 10.1. The molecule has 0 aliphatic carbocycles. The Morgan fingerprint density at radius 3 is 2.17 bits per heavy atom. The van der Waals surface area contributed by atoms with E-state index in [1.165, 1.54) is 0 Å². The van der Waals surface area contributed by atoms with E-state index in [2.05, 4.69) is 20.9 Å². The van der Waals surface area contributed by atoms with Gasteiger partial charge in [-0.15, -0.1) is 0 Å². The number of carbonyl (C=O) groups is 2. The zero-order chi connectivity index (χ0) is 17.4. The number of nitrogens with one attached hydrogen (secondary N) is 3. The summed E-state index contributed by atoms with van der Waals surface area (Å²) < 4.78 is 4.98. The third-order valence-corrected chi connectivity index (χ3v) is 3.36. The van der Waals surface area contributed by atoms with Crippen molar-refractivity contribution in [3.8, 4) is 5.88 Å². The molecule has 2 rings (SSSR count). The van der Waals surface area contributed by atoms with Gasteiger partial charge >= 0.3 is 6.03 Å². The van der Waals surface area contributed by atoms with Crippen molar-refractivity contribution < 1.29 is 14.3 Å². The predicted molar refractivity (Wildman–Crippen MR) is 89.7 cm³/mol. The Bertz CT molecular complexity index is 684. The summed E-state index contributed by atoms with van der Waals surface area (Å²) in [6, 6.07) is 10.3. The van der Waals surface area contributed by atoms with Gasteiger partial charge in [0.05, 0.1) is 7.11 Å². The van der Waals surface area contributed by atoms with Gasteiger partial charge in [0.2, 0.25) is 5.88 Å². The summed E-state index contributed by atoms with van der Waals surface area (Å²) in [4.78, 5) is 27.3. The summed E-state index contributed by atoms with van der Waals surface area (Å²) in [6.07, 6.45) is 1.65. The Balaban J connectivity index is 1.77. The van der Waals surface area contributed by atoms with Gasteiger partial charge in [0.1, 0.15) is 0 Å². The molecule has 0 atom stereocenters. The summed E-state index contributed by atoms with van der Waals surface area (Å²) >= 11 is 0. The van der Waals surface area contributed by atoms with Crippen molar-refractivity contribution in [1.29, 1.82) is 0 Å². The Hall–Kier alpha value is -3.09. The van der Waals surface area contributed by atoms with Gasteiger partial charge in [0.25, 0.3) is 5.91 Å². The molecule has 3 N–H and O–H groups in total. The molecule has 24 heavy (non-hydrogen) atoms. The van der Waals surface area contributed by atoms with Crippen molar-refractivity contribution in [2.24, 2.45) is 0 Å². The summed E-state index contributed by atoms with van der Waals surface area (Å²) in [6.45, 7) is 0.749. The van der Waals surface area contributed by atoms with E-state index in [1.54, 1.807) is 50.7 Å². The van der Waals surface area contributed by atoms with E-state index in [9.17, 15) is 9.59 Å². The fourth-order valence-electron chi connectivity index (χ4n) is 1.98. The highest BCUT2D eigenvalue weighted by molar-refractivity contribution is 5.93. The first-order chi connectivity index (χ1) is 11.6.